The molecule has 1 amide bonds. The summed E-state index contributed by atoms with van der Waals surface area (Å²) in [5, 5.41) is 5.90. The molecule has 1 heterocycles. The minimum atomic E-state index is -4.63. The molecule has 1 aromatic carbocycles. The number of anilines is 1. The highest BCUT2D eigenvalue weighted by atomic mass is 19.4. The zero-order valence-electron chi connectivity index (χ0n) is 16.2. The van der Waals surface area contributed by atoms with Crippen molar-refractivity contribution in [1.82, 2.24) is 10.3 Å². The number of hydrogen-bond donors (Lipinski definition) is 3. The van der Waals surface area contributed by atoms with E-state index in [0.29, 0.717) is 23.0 Å². The third-order valence-corrected chi connectivity index (χ3v) is 4.40. The van der Waals surface area contributed by atoms with Gasteiger partial charge in [0.2, 0.25) is 5.91 Å². The van der Waals surface area contributed by atoms with Crippen molar-refractivity contribution in [3.63, 3.8) is 0 Å². The number of rotatable bonds is 7. The lowest BCUT2D eigenvalue weighted by molar-refractivity contribution is -0.137. The Balaban J connectivity index is 2.30. The first kappa shape index (κ1) is 22.4. The Morgan fingerprint density at radius 2 is 1.97 bits per heavy atom. The smallest absolute Gasteiger partial charge is 0.366 e. The van der Waals surface area contributed by atoms with Crippen LogP contribution in [0.2, 0.25) is 0 Å². The second-order valence-corrected chi connectivity index (χ2v) is 6.63. The Morgan fingerprint density at radius 1 is 1.28 bits per heavy atom. The Hall–Kier alpha value is -2.94. The average Bonchev–Trinajstić information content (AvgIpc) is 2.62. The number of pyridine rings is 1. The van der Waals surface area contributed by atoms with Crippen molar-refractivity contribution in [2.24, 2.45) is 5.73 Å². The van der Waals surface area contributed by atoms with Crippen LogP contribution >= 0.6 is 0 Å². The first-order valence-corrected chi connectivity index (χ1v) is 8.77. The van der Waals surface area contributed by atoms with E-state index in [1.165, 1.54) is 6.20 Å². The largest absolute Gasteiger partial charge is 0.416 e. The van der Waals surface area contributed by atoms with E-state index >= 15 is 0 Å². The number of aromatic nitrogens is 1. The fourth-order valence-electron chi connectivity index (χ4n) is 2.66. The molecule has 0 saturated carbocycles. The Kier molecular flexibility index (Phi) is 6.97. The van der Waals surface area contributed by atoms with E-state index in [9.17, 15) is 22.4 Å². The van der Waals surface area contributed by atoms with E-state index < -0.39 is 23.5 Å². The minimum Gasteiger partial charge on any atom is -0.366 e. The summed E-state index contributed by atoms with van der Waals surface area (Å²) in [6.07, 6.45) is -1.61. The van der Waals surface area contributed by atoms with Gasteiger partial charge >= 0.3 is 6.18 Å². The van der Waals surface area contributed by atoms with Crippen LogP contribution in [0.25, 0.3) is 0 Å². The predicted octanol–water partition coefficient (Wildman–Crippen LogP) is 3.53. The summed E-state index contributed by atoms with van der Waals surface area (Å²) >= 11 is 0. The molecular formula is C20H22F4N4O. The van der Waals surface area contributed by atoms with Crippen LogP contribution in [0, 0.1) is 12.7 Å². The lowest BCUT2D eigenvalue weighted by Gasteiger charge is -2.14. The molecule has 1 unspecified atom stereocenters. The number of carbonyl (C=O) groups is 1. The maximum Gasteiger partial charge on any atom is 0.416 e. The molecular weight excluding hydrogens is 388 g/mol. The summed E-state index contributed by atoms with van der Waals surface area (Å²) in [4.78, 5) is 15.8. The number of primary amides is 1. The van der Waals surface area contributed by atoms with Gasteiger partial charge < -0.3 is 16.4 Å². The molecule has 0 aliphatic heterocycles. The molecule has 0 aliphatic rings. The van der Waals surface area contributed by atoms with Crippen molar-refractivity contribution < 1.29 is 22.4 Å². The molecule has 2 aromatic rings. The highest BCUT2D eigenvalue weighted by molar-refractivity contribution is 5.93. The number of nitrogens with one attached hydrogen (secondary N) is 2. The van der Waals surface area contributed by atoms with E-state index in [1.54, 1.807) is 33.2 Å². The van der Waals surface area contributed by atoms with Gasteiger partial charge in [0, 0.05) is 41.8 Å². The number of nitrogens with two attached hydrogens (primary N) is 1. The van der Waals surface area contributed by atoms with Gasteiger partial charge in [0.15, 0.2) is 0 Å². The summed E-state index contributed by atoms with van der Waals surface area (Å²) in [7, 11) is 1.69. The van der Waals surface area contributed by atoms with E-state index in [4.69, 9.17) is 5.73 Å². The quantitative estimate of drug-likeness (QED) is 0.482. The molecule has 29 heavy (non-hydrogen) atoms. The zero-order chi connectivity index (χ0) is 21.8. The number of benzene rings is 1. The number of nitrogens with zero attached hydrogens (tertiary/aromatic N) is 1. The summed E-state index contributed by atoms with van der Waals surface area (Å²) in [5.74, 6) is -1.55. The van der Waals surface area contributed by atoms with Crippen molar-refractivity contribution in [3.05, 3.63) is 70.4 Å². The molecule has 0 bridgehead atoms. The van der Waals surface area contributed by atoms with Crippen LogP contribution in [0.3, 0.4) is 0 Å². The molecule has 4 N–H and O–H groups in total. The number of hydrogen-bond acceptors (Lipinski definition) is 4. The third-order valence-electron chi connectivity index (χ3n) is 4.40. The van der Waals surface area contributed by atoms with Crippen molar-refractivity contribution in [3.8, 4) is 0 Å². The molecule has 0 saturated heterocycles. The number of amides is 1. The second kappa shape index (κ2) is 9.04. The molecule has 1 atom stereocenters. The monoisotopic (exact) mass is 410 g/mol. The summed E-state index contributed by atoms with van der Waals surface area (Å²) in [6.45, 7) is 3.55. The minimum absolute atomic E-state index is 0.00904. The topological polar surface area (TPSA) is 80.0 Å². The lowest BCUT2D eigenvalue weighted by atomic mass is 10.0. The van der Waals surface area contributed by atoms with Crippen LogP contribution in [0.4, 0.5) is 23.2 Å². The van der Waals surface area contributed by atoms with Gasteiger partial charge in [0.25, 0.3) is 0 Å². The van der Waals surface area contributed by atoms with Crippen LogP contribution in [0.15, 0.2) is 42.2 Å². The number of aryl methyl sites for hydroxylation is 1. The lowest BCUT2D eigenvalue weighted by Crippen LogP contribution is -2.32. The first-order valence-electron chi connectivity index (χ1n) is 8.77. The van der Waals surface area contributed by atoms with Gasteiger partial charge in [0.05, 0.1) is 5.56 Å². The molecule has 156 valence electrons. The van der Waals surface area contributed by atoms with Crippen LogP contribution in [0.5, 0.6) is 0 Å². The molecule has 5 nitrogen and oxygen atoms in total. The number of alkyl halides is 3. The van der Waals surface area contributed by atoms with Gasteiger partial charge in [-0.15, -0.1) is 0 Å². The highest BCUT2D eigenvalue weighted by Crippen LogP contribution is 2.31. The fraction of sp³-hybridized carbons (Fsp3) is 0.300. The average molecular weight is 410 g/mol. The third kappa shape index (κ3) is 6.02. The molecule has 0 aliphatic carbocycles. The molecule has 0 fully saturated rings. The number of carbonyl (C=O) groups excluding carboxylic acids is 1. The zero-order valence-corrected chi connectivity index (χ0v) is 16.2. The predicted molar refractivity (Wildman–Crippen MR) is 103 cm³/mol. The van der Waals surface area contributed by atoms with Crippen LogP contribution < -0.4 is 16.4 Å². The van der Waals surface area contributed by atoms with Crippen molar-refractivity contribution in [2.45, 2.75) is 32.5 Å². The van der Waals surface area contributed by atoms with E-state index in [0.717, 1.165) is 17.7 Å². The van der Waals surface area contributed by atoms with Crippen LogP contribution in [0.1, 0.15) is 29.3 Å². The van der Waals surface area contributed by atoms with Crippen molar-refractivity contribution in [1.29, 1.82) is 0 Å². The summed E-state index contributed by atoms with van der Waals surface area (Å²) in [6, 6.07) is 3.75. The van der Waals surface area contributed by atoms with Gasteiger partial charge in [-0.25, -0.2) is 4.39 Å². The first-order chi connectivity index (χ1) is 13.5. The van der Waals surface area contributed by atoms with Crippen molar-refractivity contribution in [2.75, 3.05) is 12.4 Å². The number of likely N-dealkylation sites (N-methyl/N-ethyl adjacent to an activating group) is 1. The van der Waals surface area contributed by atoms with E-state index in [-0.39, 0.29) is 18.0 Å². The van der Waals surface area contributed by atoms with Gasteiger partial charge in [-0.3, -0.25) is 9.78 Å². The maximum atomic E-state index is 13.6. The standard InChI is InChI=1S/C20H22F4N4O/c1-11-9-27-16(6-13-4-14(20(22,23)24)7-15(21)5-13)8-18(11)28-10-17(19(25)29)12(2)26-3/h4-5,7-10,12,26H,6H2,1-3H3,(H2,25,29)(H,27,28)/b17-10+. The van der Waals surface area contributed by atoms with Gasteiger partial charge in [-0.1, -0.05) is 0 Å². The second-order valence-electron chi connectivity index (χ2n) is 6.63. The van der Waals surface area contributed by atoms with Crippen LogP contribution in [-0.4, -0.2) is 24.0 Å². The highest BCUT2D eigenvalue weighted by Gasteiger charge is 2.31. The molecule has 1 aromatic heterocycles. The Bertz CT molecular complexity index is 925. The molecule has 0 spiro atoms. The normalized spacial score (nSPS) is 13.3. The van der Waals surface area contributed by atoms with Gasteiger partial charge in [0.1, 0.15) is 5.82 Å². The van der Waals surface area contributed by atoms with Crippen LogP contribution in [-0.2, 0) is 17.4 Å². The summed E-state index contributed by atoms with van der Waals surface area (Å²) in [5.41, 5.74) is 6.60. The van der Waals surface area contributed by atoms with Gasteiger partial charge in [-0.2, -0.15) is 13.2 Å². The molecule has 9 heteroatoms. The van der Waals surface area contributed by atoms with Crippen molar-refractivity contribution >= 4 is 11.6 Å². The maximum absolute atomic E-state index is 13.6. The van der Waals surface area contributed by atoms with E-state index in [2.05, 4.69) is 15.6 Å². The van der Waals surface area contributed by atoms with Gasteiger partial charge in [-0.05, 0) is 56.3 Å². The van der Waals surface area contributed by atoms with E-state index in [1.807, 2.05) is 0 Å². The fourth-order valence-corrected chi connectivity index (χ4v) is 2.66. The molecule has 2 rings (SSSR count). The SMILES string of the molecule is CNC(C)/C(=C\Nc1cc(Cc2cc(F)cc(C(F)(F)F)c2)ncc1C)C(N)=O. The molecule has 0 radical (unpaired) electrons. The number of halogens is 4. The Morgan fingerprint density at radius 3 is 2.55 bits per heavy atom. The summed E-state index contributed by atoms with van der Waals surface area (Å²) < 4.78 is 52.3. The Labute approximate surface area is 166 Å².